The van der Waals surface area contributed by atoms with Gasteiger partial charge in [-0.05, 0) is 69.8 Å². The molecule has 0 radical (unpaired) electrons. The summed E-state index contributed by atoms with van der Waals surface area (Å²) in [6, 6.07) is 65.4. The van der Waals surface area contributed by atoms with Gasteiger partial charge in [-0.25, -0.2) is 9.97 Å². The van der Waals surface area contributed by atoms with Crippen molar-refractivity contribution < 1.29 is 4.42 Å². The molecule has 4 heteroatoms. The quantitative estimate of drug-likeness (QED) is 0.166. The van der Waals surface area contributed by atoms with Gasteiger partial charge in [0.25, 0.3) is 0 Å². The highest BCUT2D eigenvalue weighted by atomic mass is 16.3. The fourth-order valence-electron chi connectivity index (χ4n) is 7.59. The van der Waals surface area contributed by atoms with Crippen molar-refractivity contribution in [2.75, 3.05) is 0 Å². The van der Waals surface area contributed by atoms with Crippen LogP contribution >= 0.6 is 0 Å². The van der Waals surface area contributed by atoms with E-state index in [4.69, 9.17) is 14.4 Å². The SMILES string of the molecule is c1ccc(-c2nc(-c3cc(-c4ccccc4-c4ccccc4)cc(-c4cccc5c4oc4ccccc45)c3)cc(-c3ccccc3-c3cccnc3)n2)cc1. The first-order valence-corrected chi connectivity index (χ1v) is 18.4. The van der Waals surface area contributed by atoms with E-state index in [9.17, 15) is 0 Å². The molecule has 7 aromatic carbocycles. The molecule has 0 unspecified atom stereocenters. The lowest BCUT2D eigenvalue weighted by Gasteiger charge is -2.16. The Morgan fingerprint density at radius 2 is 0.891 bits per heavy atom. The van der Waals surface area contributed by atoms with Crippen molar-refractivity contribution in [3.63, 3.8) is 0 Å². The van der Waals surface area contributed by atoms with Crippen LogP contribution in [0.5, 0.6) is 0 Å². The monoisotopic (exact) mass is 703 g/mol. The molecule has 3 aromatic heterocycles. The van der Waals surface area contributed by atoms with Gasteiger partial charge in [-0.1, -0.05) is 152 Å². The Morgan fingerprint density at radius 3 is 1.64 bits per heavy atom. The number of nitrogens with zero attached hydrogens (tertiary/aromatic N) is 3. The zero-order valence-corrected chi connectivity index (χ0v) is 29.8. The Bertz CT molecular complexity index is 2970. The Hall–Kier alpha value is -7.43. The normalized spacial score (nSPS) is 11.3. The number of aromatic nitrogens is 3. The van der Waals surface area contributed by atoms with E-state index in [1.54, 1.807) is 6.20 Å². The molecule has 0 saturated carbocycles. The average Bonchev–Trinajstić information content (AvgIpc) is 3.66. The van der Waals surface area contributed by atoms with Crippen LogP contribution in [0.4, 0.5) is 0 Å². The van der Waals surface area contributed by atoms with Crippen LogP contribution in [0.2, 0.25) is 0 Å². The second kappa shape index (κ2) is 13.8. The van der Waals surface area contributed by atoms with Gasteiger partial charge in [0.15, 0.2) is 5.82 Å². The van der Waals surface area contributed by atoms with E-state index >= 15 is 0 Å². The zero-order chi connectivity index (χ0) is 36.6. The Balaban J connectivity index is 1.24. The van der Waals surface area contributed by atoms with E-state index < -0.39 is 0 Å². The Morgan fingerprint density at radius 1 is 0.345 bits per heavy atom. The second-order valence-corrected chi connectivity index (χ2v) is 13.6. The summed E-state index contributed by atoms with van der Waals surface area (Å²) in [6.07, 6.45) is 3.70. The third-order valence-corrected chi connectivity index (χ3v) is 10.2. The van der Waals surface area contributed by atoms with Gasteiger partial charge in [-0.15, -0.1) is 0 Å². The number of fused-ring (bicyclic) bond motifs is 3. The number of para-hydroxylation sites is 2. The lowest BCUT2D eigenvalue weighted by Crippen LogP contribution is -1.98. The number of hydrogen-bond donors (Lipinski definition) is 0. The first kappa shape index (κ1) is 32.2. The van der Waals surface area contributed by atoms with Gasteiger partial charge in [-0.3, -0.25) is 4.98 Å². The highest BCUT2D eigenvalue weighted by Crippen LogP contribution is 2.42. The molecule has 10 aromatic rings. The van der Waals surface area contributed by atoms with Crippen LogP contribution in [0, 0.1) is 0 Å². The third kappa shape index (κ3) is 6.06. The molecule has 0 atom stereocenters. The number of pyridine rings is 1. The summed E-state index contributed by atoms with van der Waals surface area (Å²) in [7, 11) is 0. The number of rotatable bonds is 7. The van der Waals surface area contributed by atoms with Gasteiger partial charge in [0.05, 0.1) is 11.4 Å². The van der Waals surface area contributed by atoms with Crippen molar-refractivity contribution in [1.29, 1.82) is 0 Å². The summed E-state index contributed by atoms with van der Waals surface area (Å²) in [4.78, 5) is 14.9. The summed E-state index contributed by atoms with van der Waals surface area (Å²) in [5.41, 5.74) is 15.0. The van der Waals surface area contributed by atoms with E-state index in [0.29, 0.717) is 5.82 Å². The first-order valence-electron chi connectivity index (χ1n) is 18.4. The smallest absolute Gasteiger partial charge is 0.160 e. The van der Waals surface area contributed by atoms with E-state index in [1.807, 2.05) is 42.6 Å². The van der Waals surface area contributed by atoms with Crippen molar-refractivity contribution in [1.82, 2.24) is 15.0 Å². The van der Waals surface area contributed by atoms with Gasteiger partial charge in [0.2, 0.25) is 0 Å². The van der Waals surface area contributed by atoms with Gasteiger partial charge < -0.3 is 4.42 Å². The zero-order valence-electron chi connectivity index (χ0n) is 29.8. The molecule has 55 heavy (non-hydrogen) atoms. The van der Waals surface area contributed by atoms with Crippen LogP contribution < -0.4 is 0 Å². The summed E-state index contributed by atoms with van der Waals surface area (Å²) in [6.45, 7) is 0. The summed E-state index contributed by atoms with van der Waals surface area (Å²) in [5, 5.41) is 2.19. The summed E-state index contributed by atoms with van der Waals surface area (Å²) < 4.78 is 6.60. The molecular weight excluding hydrogens is 671 g/mol. The Kier molecular flexibility index (Phi) is 8.12. The minimum atomic E-state index is 0.658. The van der Waals surface area contributed by atoms with Crippen molar-refractivity contribution >= 4 is 21.9 Å². The van der Waals surface area contributed by atoms with Crippen LogP contribution in [0.1, 0.15) is 0 Å². The largest absolute Gasteiger partial charge is 0.455 e. The predicted octanol–water partition coefficient (Wildman–Crippen LogP) is 13.4. The van der Waals surface area contributed by atoms with E-state index in [-0.39, 0.29) is 0 Å². The Labute approximate surface area is 319 Å². The van der Waals surface area contributed by atoms with Gasteiger partial charge in [0, 0.05) is 51.0 Å². The lowest BCUT2D eigenvalue weighted by atomic mass is 9.90. The van der Waals surface area contributed by atoms with Crippen LogP contribution in [-0.2, 0) is 0 Å². The van der Waals surface area contributed by atoms with Crippen LogP contribution in [-0.4, -0.2) is 15.0 Å². The summed E-state index contributed by atoms with van der Waals surface area (Å²) in [5.74, 6) is 0.658. The van der Waals surface area contributed by atoms with E-state index in [0.717, 1.165) is 94.5 Å². The first-order chi connectivity index (χ1) is 27.3. The topological polar surface area (TPSA) is 51.8 Å². The number of benzene rings is 7. The molecule has 0 N–H and O–H groups in total. The van der Waals surface area contributed by atoms with Crippen molar-refractivity contribution in [3.8, 4) is 78.4 Å². The molecule has 0 aliphatic rings. The molecule has 3 heterocycles. The predicted molar refractivity (Wildman–Crippen MR) is 225 cm³/mol. The molecule has 258 valence electrons. The molecule has 0 fully saturated rings. The second-order valence-electron chi connectivity index (χ2n) is 13.6. The molecule has 0 amide bonds. The molecule has 10 rings (SSSR count). The molecule has 4 nitrogen and oxygen atoms in total. The highest BCUT2D eigenvalue weighted by Gasteiger charge is 2.19. The molecule has 0 saturated heterocycles. The van der Waals surface area contributed by atoms with Crippen molar-refractivity contribution in [2.24, 2.45) is 0 Å². The standard InChI is InChI=1S/C51H33N3O/c1-3-15-34(16-4-1)40-20-7-8-22-42(40)37-29-38(43-25-13-26-46-45-24-11-12-27-49(45)55-50(43)46)31-39(30-37)47-32-48(54-51(53-47)35-17-5-2-6-18-35)44-23-10-9-21-41(44)36-19-14-28-52-33-36/h1-33H. The van der Waals surface area contributed by atoms with Crippen molar-refractivity contribution in [2.45, 2.75) is 0 Å². The average molecular weight is 704 g/mol. The van der Waals surface area contributed by atoms with Gasteiger partial charge in [0.1, 0.15) is 11.2 Å². The molecular formula is C51H33N3O. The van der Waals surface area contributed by atoms with Crippen LogP contribution in [0.15, 0.2) is 205 Å². The maximum absolute atomic E-state index is 6.60. The minimum absolute atomic E-state index is 0.658. The van der Waals surface area contributed by atoms with Gasteiger partial charge >= 0.3 is 0 Å². The highest BCUT2D eigenvalue weighted by molar-refractivity contribution is 6.10. The van der Waals surface area contributed by atoms with E-state index in [2.05, 4.69) is 157 Å². The number of hydrogen-bond acceptors (Lipinski definition) is 4. The molecule has 0 bridgehead atoms. The maximum atomic E-state index is 6.60. The third-order valence-electron chi connectivity index (χ3n) is 10.2. The van der Waals surface area contributed by atoms with Crippen molar-refractivity contribution in [3.05, 3.63) is 200 Å². The molecule has 0 aliphatic carbocycles. The van der Waals surface area contributed by atoms with Crippen LogP contribution in [0.3, 0.4) is 0 Å². The lowest BCUT2D eigenvalue weighted by molar-refractivity contribution is 0.670. The van der Waals surface area contributed by atoms with Crippen LogP contribution in [0.25, 0.3) is 100 Å². The fraction of sp³-hybridized carbons (Fsp3) is 0. The molecule has 0 spiro atoms. The summed E-state index contributed by atoms with van der Waals surface area (Å²) >= 11 is 0. The molecule has 0 aliphatic heterocycles. The number of furan rings is 1. The fourth-order valence-corrected chi connectivity index (χ4v) is 7.59. The maximum Gasteiger partial charge on any atom is 0.160 e. The minimum Gasteiger partial charge on any atom is -0.455 e. The van der Waals surface area contributed by atoms with Gasteiger partial charge in [-0.2, -0.15) is 0 Å². The van der Waals surface area contributed by atoms with E-state index in [1.165, 1.54) is 0 Å².